The largest absolute Gasteiger partial charge is 0.369 e. The van der Waals surface area contributed by atoms with E-state index in [1.54, 1.807) is 5.51 Å². The van der Waals surface area contributed by atoms with E-state index in [1.165, 1.54) is 22.3 Å². The van der Waals surface area contributed by atoms with Crippen LogP contribution < -0.4 is 5.32 Å². The minimum atomic E-state index is -0.0679. The molecule has 152 valence electrons. The lowest BCUT2D eigenvalue weighted by Gasteiger charge is -2.33. The van der Waals surface area contributed by atoms with Crippen LogP contribution in [0, 0.1) is 6.92 Å². The molecule has 0 spiro atoms. The second-order valence-electron chi connectivity index (χ2n) is 7.37. The first kappa shape index (κ1) is 19.0. The maximum atomic E-state index is 6.09. The first-order valence-electron chi connectivity index (χ1n) is 9.93. The zero-order valence-corrected chi connectivity index (χ0v) is 17.5. The van der Waals surface area contributed by atoms with Crippen LogP contribution in [0.2, 0.25) is 0 Å². The monoisotopic (exact) mass is 418 g/mol. The summed E-state index contributed by atoms with van der Waals surface area (Å²) in [5.41, 5.74) is 6.87. The Labute approximate surface area is 178 Å². The summed E-state index contributed by atoms with van der Waals surface area (Å²) >= 11 is 1.47. The normalized spacial score (nSPS) is 17.3. The Morgan fingerprint density at radius 3 is 3.10 bits per heavy atom. The number of anilines is 2. The lowest BCUT2D eigenvalue weighted by Crippen LogP contribution is -2.38. The Bertz CT molecular complexity index is 1140. The van der Waals surface area contributed by atoms with Crippen molar-refractivity contribution in [2.45, 2.75) is 19.6 Å². The number of rotatable bonds is 5. The Morgan fingerprint density at radius 2 is 2.20 bits per heavy atom. The number of ether oxygens (including phenoxy) is 1. The molecule has 1 aromatic carbocycles. The quantitative estimate of drug-likeness (QED) is 0.523. The second-order valence-corrected chi connectivity index (χ2v) is 8.21. The highest BCUT2D eigenvalue weighted by Crippen LogP contribution is 2.27. The second kappa shape index (κ2) is 8.43. The third-order valence-corrected chi connectivity index (χ3v) is 5.80. The third kappa shape index (κ3) is 4.16. The zero-order chi connectivity index (χ0) is 20.3. The molecule has 1 aliphatic heterocycles. The van der Waals surface area contributed by atoms with Crippen molar-refractivity contribution in [2.24, 2.45) is 0 Å². The molecule has 5 rings (SSSR count). The Morgan fingerprint density at radius 1 is 1.23 bits per heavy atom. The van der Waals surface area contributed by atoms with Crippen molar-refractivity contribution in [3.63, 3.8) is 0 Å². The van der Waals surface area contributed by atoms with Crippen molar-refractivity contribution >= 4 is 33.1 Å². The number of hydrogen-bond donors (Lipinski definition) is 1. The van der Waals surface area contributed by atoms with Crippen LogP contribution in [-0.4, -0.2) is 44.8 Å². The number of fused-ring (bicyclic) bond motifs is 1. The summed E-state index contributed by atoms with van der Waals surface area (Å²) in [7, 11) is 0. The van der Waals surface area contributed by atoms with Gasteiger partial charge in [-0.2, -0.15) is 0 Å². The van der Waals surface area contributed by atoms with Gasteiger partial charge in [0.2, 0.25) is 5.13 Å². The number of pyridine rings is 2. The van der Waals surface area contributed by atoms with Crippen molar-refractivity contribution in [1.82, 2.24) is 25.1 Å². The van der Waals surface area contributed by atoms with Gasteiger partial charge in [0, 0.05) is 42.6 Å². The first-order chi connectivity index (χ1) is 14.7. The average molecular weight is 419 g/mol. The van der Waals surface area contributed by atoms with Gasteiger partial charge in [-0.3, -0.25) is 14.9 Å². The van der Waals surface area contributed by atoms with Gasteiger partial charge in [0.1, 0.15) is 11.6 Å². The van der Waals surface area contributed by atoms with Crippen molar-refractivity contribution in [2.75, 3.05) is 25.0 Å². The molecule has 0 bridgehead atoms. The highest BCUT2D eigenvalue weighted by atomic mass is 32.1. The third-order valence-electron chi connectivity index (χ3n) is 5.19. The number of morpholine rings is 1. The number of nitrogens with one attached hydrogen (secondary N) is 1. The predicted molar refractivity (Wildman–Crippen MR) is 118 cm³/mol. The van der Waals surface area contributed by atoms with Crippen molar-refractivity contribution in [1.29, 1.82) is 0 Å². The fourth-order valence-corrected chi connectivity index (χ4v) is 4.32. The molecule has 30 heavy (non-hydrogen) atoms. The summed E-state index contributed by atoms with van der Waals surface area (Å²) in [6.45, 7) is 5.24. The van der Waals surface area contributed by atoms with E-state index in [1.807, 2.05) is 31.3 Å². The molecule has 4 aromatic rings. The lowest BCUT2D eigenvalue weighted by atomic mass is 10.1. The minimum Gasteiger partial charge on any atom is -0.369 e. The molecule has 1 saturated heterocycles. The topological polar surface area (TPSA) is 76.1 Å². The molecule has 0 saturated carbocycles. The maximum absolute atomic E-state index is 6.09. The molecular formula is C22H22N6OS. The first-order valence-corrected chi connectivity index (χ1v) is 10.8. The van der Waals surface area contributed by atoms with Gasteiger partial charge in [-0.25, -0.2) is 0 Å². The molecule has 3 aromatic heterocycles. The summed E-state index contributed by atoms with van der Waals surface area (Å²) in [5.74, 6) is 0. The van der Waals surface area contributed by atoms with Gasteiger partial charge >= 0.3 is 0 Å². The van der Waals surface area contributed by atoms with E-state index >= 15 is 0 Å². The van der Waals surface area contributed by atoms with Crippen molar-refractivity contribution in [3.05, 3.63) is 71.1 Å². The molecule has 0 radical (unpaired) electrons. The Balaban J connectivity index is 1.34. The fraction of sp³-hybridized carbons (Fsp3) is 0.273. The van der Waals surface area contributed by atoms with Crippen LogP contribution in [0.25, 0.3) is 10.9 Å². The van der Waals surface area contributed by atoms with Crippen LogP contribution in [0.15, 0.2) is 54.2 Å². The molecule has 1 fully saturated rings. The molecule has 1 N–H and O–H groups in total. The minimum absolute atomic E-state index is 0.0679. The zero-order valence-electron chi connectivity index (χ0n) is 16.7. The highest BCUT2D eigenvalue weighted by molar-refractivity contribution is 7.13. The van der Waals surface area contributed by atoms with Crippen LogP contribution in [0.3, 0.4) is 0 Å². The number of hydrogen-bond acceptors (Lipinski definition) is 8. The molecule has 1 atom stereocenters. The van der Waals surface area contributed by atoms with Crippen LogP contribution in [0.4, 0.5) is 10.8 Å². The number of benzene rings is 1. The van der Waals surface area contributed by atoms with Gasteiger partial charge in [-0.05, 0) is 36.8 Å². The van der Waals surface area contributed by atoms with E-state index in [2.05, 4.69) is 49.7 Å². The van der Waals surface area contributed by atoms with Crippen molar-refractivity contribution < 1.29 is 4.74 Å². The van der Waals surface area contributed by atoms with Crippen LogP contribution in [-0.2, 0) is 11.3 Å². The fourth-order valence-electron chi connectivity index (χ4n) is 3.85. The molecular weight excluding hydrogens is 396 g/mol. The maximum Gasteiger partial charge on any atom is 0.209 e. The highest BCUT2D eigenvalue weighted by Gasteiger charge is 2.24. The van der Waals surface area contributed by atoms with E-state index in [-0.39, 0.29) is 6.10 Å². The van der Waals surface area contributed by atoms with E-state index in [0.29, 0.717) is 6.61 Å². The Hall–Kier alpha value is -2.94. The van der Waals surface area contributed by atoms with Crippen LogP contribution in [0.5, 0.6) is 0 Å². The summed E-state index contributed by atoms with van der Waals surface area (Å²) in [5, 5.41) is 13.2. The summed E-state index contributed by atoms with van der Waals surface area (Å²) in [4.78, 5) is 11.7. The van der Waals surface area contributed by atoms with Gasteiger partial charge in [0.25, 0.3) is 0 Å². The molecule has 0 unspecified atom stereocenters. The molecule has 0 aliphatic carbocycles. The summed E-state index contributed by atoms with van der Waals surface area (Å²) < 4.78 is 6.09. The van der Waals surface area contributed by atoms with E-state index in [9.17, 15) is 0 Å². The standard InChI is InChI=1S/C22H22N6OS/c1-15-10-17(26-22-27-24-14-30-22)11-20(25-15)21-13-28(8-9-29-21)12-16-4-2-6-19-18(16)5-3-7-23-19/h2-7,10-11,14,21H,8-9,12-13H2,1H3,(H,25,26,27)/t21-/m0/s1. The molecule has 4 heterocycles. The van der Waals surface area contributed by atoms with E-state index < -0.39 is 0 Å². The number of aromatic nitrogens is 4. The molecule has 1 aliphatic rings. The average Bonchev–Trinajstić information content (AvgIpc) is 3.27. The van der Waals surface area contributed by atoms with Crippen molar-refractivity contribution in [3.8, 4) is 0 Å². The van der Waals surface area contributed by atoms with Gasteiger partial charge < -0.3 is 10.1 Å². The van der Waals surface area contributed by atoms with Gasteiger partial charge in [0.15, 0.2) is 0 Å². The Kier molecular flexibility index (Phi) is 5.35. The summed E-state index contributed by atoms with van der Waals surface area (Å²) in [6, 6.07) is 14.5. The number of nitrogens with zero attached hydrogens (tertiary/aromatic N) is 5. The molecule has 8 heteroatoms. The van der Waals surface area contributed by atoms with Crippen LogP contribution >= 0.6 is 11.3 Å². The smallest absolute Gasteiger partial charge is 0.209 e. The molecule has 0 amide bonds. The van der Waals surface area contributed by atoms with E-state index in [0.717, 1.165) is 47.4 Å². The molecule has 7 nitrogen and oxygen atoms in total. The van der Waals surface area contributed by atoms with Gasteiger partial charge in [-0.15, -0.1) is 10.2 Å². The lowest BCUT2D eigenvalue weighted by molar-refractivity contribution is -0.0349. The van der Waals surface area contributed by atoms with Crippen LogP contribution in [0.1, 0.15) is 23.1 Å². The number of aryl methyl sites for hydroxylation is 1. The van der Waals surface area contributed by atoms with E-state index in [4.69, 9.17) is 9.72 Å². The van der Waals surface area contributed by atoms with Gasteiger partial charge in [0.05, 0.1) is 17.8 Å². The SMILES string of the molecule is Cc1cc(Nc2nncs2)cc([C@@H]2CN(Cc3cccc4ncccc34)CCO2)n1. The summed E-state index contributed by atoms with van der Waals surface area (Å²) in [6.07, 6.45) is 1.77. The predicted octanol–water partition coefficient (Wildman–Crippen LogP) is 4.11. The van der Waals surface area contributed by atoms with Gasteiger partial charge in [-0.1, -0.05) is 29.5 Å².